The number of carbonyl (C=O) groups excluding carboxylic acids is 1. The Hall–Kier alpha value is -0.530. The molecule has 0 aromatic heterocycles. The Kier molecular flexibility index (Phi) is 5.51. The van der Waals surface area contributed by atoms with Gasteiger partial charge in [-0.2, -0.15) is 4.31 Å². The van der Waals surface area contributed by atoms with Gasteiger partial charge in [0.1, 0.15) is 0 Å². The van der Waals surface area contributed by atoms with Crippen molar-refractivity contribution in [2.24, 2.45) is 0 Å². The van der Waals surface area contributed by atoms with Gasteiger partial charge in [0.2, 0.25) is 0 Å². The van der Waals surface area contributed by atoms with E-state index in [0.29, 0.717) is 0 Å². The largest absolute Gasteiger partial charge is 0.538 e. The standard InChI is InChI=1S/C5H10O9P2/c1-4(2-3-6)5(7)13-16(11,12)14-15(8,9)10/h2,6H,3H2,1H3,(H,11,12)(H2,8,9,10)/b4-2-. The first-order valence-electron chi connectivity index (χ1n) is 3.68. The highest BCUT2D eigenvalue weighted by Crippen LogP contribution is 2.57. The van der Waals surface area contributed by atoms with E-state index in [1.165, 1.54) is 0 Å². The first-order chi connectivity index (χ1) is 7.07. The fraction of sp³-hybridized carbons (Fsp3) is 0.400. The molecule has 0 rings (SSSR count). The van der Waals surface area contributed by atoms with Crippen molar-refractivity contribution in [3.8, 4) is 0 Å². The summed E-state index contributed by atoms with van der Waals surface area (Å²) in [5, 5.41) is 8.40. The summed E-state index contributed by atoms with van der Waals surface area (Å²) in [6.07, 6.45) is 0.972. The van der Waals surface area contributed by atoms with Crippen molar-refractivity contribution in [2.75, 3.05) is 6.61 Å². The van der Waals surface area contributed by atoms with E-state index >= 15 is 0 Å². The third kappa shape index (κ3) is 6.86. The van der Waals surface area contributed by atoms with E-state index in [9.17, 15) is 13.9 Å². The lowest BCUT2D eigenvalue weighted by Gasteiger charge is -2.11. The fourth-order valence-electron chi connectivity index (χ4n) is 0.548. The molecule has 0 aromatic rings. The zero-order valence-electron chi connectivity index (χ0n) is 8.01. The van der Waals surface area contributed by atoms with Gasteiger partial charge in [0.15, 0.2) is 0 Å². The molecule has 0 aliphatic carbocycles. The number of carbonyl (C=O) groups is 1. The number of aliphatic hydroxyl groups excluding tert-OH is 1. The van der Waals surface area contributed by atoms with E-state index < -0.39 is 28.2 Å². The maximum Gasteiger partial charge on any atom is 0.538 e. The van der Waals surface area contributed by atoms with E-state index in [4.69, 9.17) is 19.8 Å². The average Bonchev–Trinajstić information content (AvgIpc) is 1.98. The number of hydrogen-bond acceptors (Lipinski definition) is 6. The molecule has 0 spiro atoms. The molecule has 0 saturated carbocycles. The molecular formula is C5H10O9P2. The number of aliphatic hydroxyl groups is 1. The third-order valence-corrected chi connectivity index (χ3v) is 3.20. The molecule has 0 saturated heterocycles. The Morgan fingerprint density at radius 2 is 1.81 bits per heavy atom. The summed E-state index contributed by atoms with van der Waals surface area (Å²) < 4.78 is 28.3. The van der Waals surface area contributed by atoms with Crippen LogP contribution in [0.1, 0.15) is 6.92 Å². The Balaban J connectivity index is 4.61. The SMILES string of the molecule is C/C(=C/CO)C(=O)OP(=O)(O)OP(=O)(O)O. The molecule has 11 heteroatoms. The van der Waals surface area contributed by atoms with Gasteiger partial charge in [-0.15, -0.1) is 0 Å². The van der Waals surface area contributed by atoms with Gasteiger partial charge < -0.3 is 19.4 Å². The molecular weight excluding hydrogens is 266 g/mol. The maximum atomic E-state index is 11.0. The van der Waals surface area contributed by atoms with Gasteiger partial charge in [-0.3, -0.25) is 4.89 Å². The van der Waals surface area contributed by atoms with Crippen LogP contribution in [0.2, 0.25) is 0 Å². The van der Waals surface area contributed by atoms with Gasteiger partial charge >= 0.3 is 21.6 Å². The highest BCUT2D eigenvalue weighted by atomic mass is 31.3. The minimum Gasteiger partial charge on any atom is -0.392 e. The number of phosphoric ester groups is 1. The molecule has 1 unspecified atom stereocenters. The Morgan fingerprint density at radius 3 is 2.19 bits per heavy atom. The van der Waals surface area contributed by atoms with E-state index in [1.807, 2.05) is 0 Å². The van der Waals surface area contributed by atoms with Crippen LogP contribution in [-0.4, -0.2) is 32.4 Å². The van der Waals surface area contributed by atoms with Crippen LogP contribution in [0.3, 0.4) is 0 Å². The summed E-state index contributed by atoms with van der Waals surface area (Å²) in [6.45, 7) is 0.659. The molecule has 94 valence electrons. The van der Waals surface area contributed by atoms with Gasteiger partial charge in [0.05, 0.1) is 6.61 Å². The third-order valence-electron chi connectivity index (χ3n) is 1.13. The molecule has 0 amide bonds. The number of rotatable bonds is 5. The van der Waals surface area contributed by atoms with Crippen molar-refractivity contribution in [3.05, 3.63) is 11.6 Å². The quantitative estimate of drug-likeness (QED) is 0.391. The molecule has 0 aromatic carbocycles. The molecule has 1 atom stereocenters. The second-order valence-electron chi connectivity index (χ2n) is 2.49. The van der Waals surface area contributed by atoms with E-state index in [-0.39, 0.29) is 5.57 Å². The monoisotopic (exact) mass is 276 g/mol. The van der Waals surface area contributed by atoms with Gasteiger partial charge in [-0.25, -0.2) is 13.9 Å². The van der Waals surface area contributed by atoms with E-state index in [2.05, 4.69) is 8.83 Å². The zero-order valence-corrected chi connectivity index (χ0v) is 9.80. The molecule has 0 aliphatic heterocycles. The van der Waals surface area contributed by atoms with Gasteiger partial charge in [-0.05, 0) is 13.0 Å². The van der Waals surface area contributed by atoms with Gasteiger partial charge in [0.25, 0.3) is 0 Å². The summed E-state index contributed by atoms with van der Waals surface area (Å²) in [4.78, 5) is 36.2. The lowest BCUT2D eigenvalue weighted by atomic mass is 10.3. The maximum absolute atomic E-state index is 11.0. The first kappa shape index (κ1) is 15.5. The van der Waals surface area contributed by atoms with Crippen LogP contribution in [0.4, 0.5) is 0 Å². The van der Waals surface area contributed by atoms with Crippen LogP contribution in [0, 0.1) is 0 Å². The van der Waals surface area contributed by atoms with Crippen LogP contribution in [-0.2, 0) is 22.8 Å². The minimum absolute atomic E-state index is 0.217. The minimum atomic E-state index is -5.25. The highest BCUT2D eigenvalue weighted by Gasteiger charge is 2.35. The number of hydrogen-bond donors (Lipinski definition) is 4. The lowest BCUT2D eigenvalue weighted by Crippen LogP contribution is -2.05. The normalized spacial score (nSPS) is 16.7. The molecule has 0 heterocycles. The van der Waals surface area contributed by atoms with Gasteiger partial charge in [-0.1, -0.05) is 0 Å². The summed E-state index contributed by atoms with van der Waals surface area (Å²) in [6, 6.07) is 0. The highest BCUT2D eigenvalue weighted by molar-refractivity contribution is 7.61. The van der Waals surface area contributed by atoms with Crippen molar-refractivity contribution in [1.82, 2.24) is 0 Å². The number of phosphoric acid groups is 2. The van der Waals surface area contributed by atoms with Crippen molar-refractivity contribution in [3.63, 3.8) is 0 Å². The van der Waals surface area contributed by atoms with E-state index in [1.54, 1.807) is 0 Å². The van der Waals surface area contributed by atoms with Gasteiger partial charge in [0, 0.05) is 5.57 Å². The molecule has 9 nitrogen and oxygen atoms in total. The summed E-state index contributed by atoms with van der Waals surface area (Å²) >= 11 is 0. The summed E-state index contributed by atoms with van der Waals surface area (Å²) in [7, 11) is -10.4. The molecule has 0 bridgehead atoms. The zero-order chi connectivity index (χ0) is 13.0. The average molecular weight is 276 g/mol. The van der Waals surface area contributed by atoms with Crippen LogP contribution in [0.25, 0.3) is 0 Å². The van der Waals surface area contributed by atoms with Crippen LogP contribution < -0.4 is 0 Å². The van der Waals surface area contributed by atoms with Crippen molar-refractivity contribution < 1.29 is 42.5 Å². The summed E-state index contributed by atoms with van der Waals surface area (Å²) in [5.41, 5.74) is -0.217. The Labute approximate surface area is 90.2 Å². The molecule has 0 aliphatic rings. The first-order valence-corrected chi connectivity index (χ1v) is 6.71. The Morgan fingerprint density at radius 1 is 1.31 bits per heavy atom. The van der Waals surface area contributed by atoms with Crippen molar-refractivity contribution >= 4 is 21.6 Å². The van der Waals surface area contributed by atoms with E-state index in [0.717, 1.165) is 13.0 Å². The predicted molar refractivity (Wildman–Crippen MR) is 49.9 cm³/mol. The van der Waals surface area contributed by atoms with Crippen LogP contribution in [0.15, 0.2) is 11.6 Å². The second-order valence-corrected chi connectivity index (χ2v) is 5.24. The lowest BCUT2D eigenvalue weighted by molar-refractivity contribution is -0.131. The second kappa shape index (κ2) is 5.70. The fourth-order valence-corrected chi connectivity index (χ4v) is 2.11. The molecule has 0 radical (unpaired) electrons. The van der Waals surface area contributed by atoms with Crippen molar-refractivity contribution in [2.45, 2.75) is 6.92 Å². The molecule has 0 fully saturated rings. The van der Waals surface area contributed by atoms with Crippen LogP contribution in [0.5, 0.6) is 0 Å². The Bertz CT molecular complexity index is 379. The van der Waals surface area contributed by atoms with Crippen molar-refractivity contribution in [1.29, 1.82) is 0 Å². The summed E-state index contributed by atoms with van der Waals surface area (Å²) in [5.74, 6) is -1.34. The topological polar surface area (TPSA) is 151 Å². The smallest absolute Gasteiger partial charge is 0.392 e. The predicted octanol–water partition coefficient (Wildman–Crippen LogP) is -0.322. The van der Waals surface area contributed by atoms with Crippen LogP contribution >= 0.6 is 15.6 Å². The molecule has 16 heavy (non-hydrogen) atoms. The molecule has 4 N–H and O–H groups in total.